The van der Waals surface area contributed by atoms with Crippen molar-refractivity contribution in [2.24, 2.45) is 5.92 Å². The largest absolute Gasteiger partial charge is 0.478 e. The van der Waals surface area contributed by atoms with Gasteiger partial charge >= 0.3 is 5.97 Å². The van der Waals surface area contributed by atoms with E-state index < -0.39 is 5.97 Å². The molecular weight excluding hydrogens is 218 g/mol. The van der Waals surface area contributed by atoms with Gasteiger partial charge in [-0.25, -0.2) is 4.79 Å². The van der Waals surface area contributed by atoms with Crippen LogP contribution in [0.15, 0.2) is 24.3 Å². The second-order valence-electron chi connectivity index (χ2n) is 4.31. The predicted molar refractivity (Wildman–Crippen MR) is 64.8 cm³/mol. The Bertz CT molecular complexity index is 409. The third-order valence-corrected chi connectivity index (χ3v) is 2.54. The summed E-state index contributed by atoms with van der Waals surface area (Å²) in [5.74, 6) is -1.02. The third kappa shape index (κ3) is 3.59. The number of aromatic carboxylic acids is 1. The number of carboxylic acid groups (broad SMARTS) is 1. The van der Waals surface area contributed by atoms with Crippen LogP contribution in [0.4, 0.5) is 0 Å². The van der Waals surface area contributed by atoms with E-state index in [1.165, 1.54) is 12.1 Å². The summed E-state index contributed by atoms with van der Waals surface area (Å²) in [7, 11) is 0. The van der Waals surface area contributed by atoms with Crippen molar-refractivity contribution in [1.82, 2.24) is 5.32 Å². The maximum Gasteiger partial charge on any atom is 0.335 e. The second-order valence-corrected chi connectivity index (χ2v) is 4.31. The fraction of sp³-hybridized carbons (Fsp3) is 0.385. The van der Waals surface area contributed by atoms with E-state index in [1.54, 1.807) is 12.1 Å². The van der Waals surface area contributed by atoms with Crippen LogP contribution < -0.4 is 5.32 Å². The Morgan fingerprint density at radius 3 is 2.06 bits per heavy atom. The lowest BCUT2D eigenvalue weighted by molar-refractivity contribution is -0.124. The van der Waals surface area contributed by atoms with E-state index in [0.717, 1.165) is 5.56 Å². The molecule has 0 fully saturated rings. The molecule has 0 saturated carbocycles. The van der Waals surface area contributed by atoms with Crippen LogP contribution in [-0.2, 0) is 4.79 Å². The molecule has 0 aliphatic heterocycles. The monoisotopic (exact) mass is 235 g/mol. The van der Waals surface area contributed by atoms with Crippen LogP contribution in [0, 0.1) is 5.92 Å². The number of carbonyl (C=O) groups excluding carboxylic acids is 1. The van der Waals surface area contributed by atoms with Gasteiger partial charge in [0.2, 0.25) is 5.91 Å². The highest BCUT2D eigenvalue weighted by molar-refractivity contribution is 5.87. The van der Waals surface area contributed by atoms with Crippen LogP contribution in [0.25, 0.3) is 0 Å². The third-order valence-electron chi connectivity index (χ3n) is 2.54. The summed E-state index contributed by atoms with van der Waals surface area (Å²) in [6, 6.07) is 6.39. The van der Waals surface area contributed by atoms with Gasteiger partial charge in [0.05, 0.1) is 11.6 Å². The first-order valence-corrected chi connectivity index (χ1v) is 5.55. The van der Waals surface area contributed by atoms with Gasteiger partial charge in [-0.3, -0.25) is 4.79 Å². The van der Waals surface area contributed by atoms with Crippen LogP contribution in [0.2, 0.25) is 0 Å². The number of hydrogen-bond acceptors (Lipinski definition) is 2. The summed E-state index contributed by atoms with van der Waals surface area (Å²) >= 11 is 0. The van der Waals surface area contributed by atoms with Crippen LogP contribution in [0.3, 0.4) is 0 Å². The quantitative estimate of drug-likeness (QED) is 0.840. The molecule has 0 heterocycles. The number of carboxylic acids is 1. The molecule has 17 heavy (non-hydrogen) atoms. The molecule has 4 nitrogen and oxygen atoms in total. The van der Waals surface area contributed by atoms with Gasteiger partial charge in [-0.1, -0.05) is 26.0 Å². The van der Waals surface area contributed by atoms with Crippen molar-refractivity contribution in [2.45, 2.75) is 26.8 Å². The predicted octanol–water partition coefficient (Wildman–Crippen LogP) is 2.22. The van der Waals surface area contributed by atoms with Crippen molar-refractivity contribution in [2.75, 3.05) is 0 Å². The minimum absolute atomic E-state index is 0.0141. The normalized spacial score (nSPS) is 12.2. The second kappa shape index (κ2) is 5.48. The summed E-state index contributed by atoms with van der Waals surface area (Å²) in [6.07, 6.45) is 0. The van der Waals surface area contributed by atoms with E-state index in [4.69, 9.17) is 5.11 Å². The molecule has 1 amide bonds. The van der Waals surface area contributed by atoms with E-state index in [9.17, 15) is 9.59 Å². The molecule has 1 aromatic rings. The molecule has 0 aromatic heterocycles. The first-order chi connectivity index (χ1) is 7.91. The van der Waals surface area contributed by atoms with Crippen LogP contribution in [0.1, 0.15) is 42.7 Å². The van der Waals surface area contributed by atoms with Gasteiger partial charge in [0.1, 0.15) is 0 Å². The summed E-state index contributed by atoms with van der Waals surface area (Å²) in [5, 5.41) is 11.6. The molecule has 0 spiro atoms. The zero-order chi connectivity index (χ0) is 13.0. The molecule has 1 rings (SSSR count). The first-order valence-electron chi connectivity index (χ1n) is 5.55. The molecule has 0 bridgehead atoms. The summed E-state index contributed by atoms with van der Waals surface area (Å²) in [4.78, 5) is 22.2. The van der Waals surface area contributed by atoms with Crippen molar-refractivity contribution >= 4 is 11.9 Å². The molecular formula is C13H17NO3. The van der Waals surface area contributed by atoms with Gasteiger partial charge in [0, 0.05) is 5.92 Å². The van der Waals surface area contributed by atoms with Crippen LogP contribution in [-0.4, -0.2) is 17.0 Å². The van der Waals surface area contributed by atoms with Crippen LogP contribution >= 0.6 is 0 Å². The van der Waals surface area contributed by atoms with Gasteiger partial charge in [0.15, 0.2) is 0 Å². The van der Waals surface area contributed by atoms with E-state index in [0.29, 0.717) is 0 Å². The molecule has 1 unspecified atom stereocenters. The van der Waals surface area contributed by atoms with Crippen molar-refractivity contribution in [3.05, 3.63) is 35.4 Å². The molecule has 2 N–H and O–H groups in total. The van der Waals surface area contributed by atoms with Crippen molar-refractivity contribution in [1.29, 1.82) is 0 Å². The van der Waals surface area contributed by atoms with E-state index >= 15 is 0 Å². The highest BCUT2D eigenvalue weighted by Gasteiger charge is 2.12. The Labute approximate surface area is 101 Å². The molecule has 1 atom stereocenters. The Hall–Kier alpha value is -1.84. The maximum absolute atomic E-state index is 11.5. The molecule has 4 heteroatoms. The number of nitrogens with one attached hydrogen (secondary N) is 1. The maximum atomic E-state index is 11.5. The molecule has 0 radical (unpaired) electrons. The molecule has 1 aromatic carbocycles. The van der Waals surface area contributed by atoms with Gasteiger partial charge in [0.25, 0.3) is 0 Å². The van der Waals surface area contributed by atoms with Gasteiger partial charge < -0.3 is 10.4 Å². The first kappa shape index (κ1) is 13.2. The van der Waals surface area contributed by atoms with Crippen molar-refractivity contribution < 1.29 is 14.7 Å². The average molecular weight is 235 g/mol. The number of carbonyl (C=O) groups is 2. The van der Waals surface area contributed by atoms with Crippen LogP contribution in [0.5, 0.6) is 0 Å². The topological polar surface area (TPSA) is 66.4 Å². The van der Waals surface area contributed by atoms with Crippen molar-refractivity contribution in [3.8, 4) is 0 Å². The standard InChI is InChI=1S/C13H17NO3/c1-8(2)12(15)14-9(3)10-4-6-11(7-5-10)13(16)17/h4-9H,1-3H3,(H,14,15)(H,16,17). The number of hydrogen-bond donors (Lipinski definition) is 2. The highest BCUT2D eigenvalue weighted by atomic mass is 16.4. The lowest BCUT2D eigenvalue weighted by Crippen LogP contribution is -2.30. The number of benzene rings is 1. The SMILES string of the molecule is CC(C)C(=O)NC(C)c1ccc(C(=O)O)cc1. The highest BCUT2D eigenvalue weighted by Crippen LogP contribution is 2.14. The minimum atomic E-state index is -0.949. The summed E-state index contributed by atoms with van der Waals surface area (Å²) < 4.78 is 0. The Morgan fingerprint density at radius 1 is 1.12 bits per heavy atom. The number of amides is 1. The van der Waals surface area contributed by atoms with Crippen molar-refractivity contribution in [3.63, 3.8) is 0 Å². The average Bonchev–Trinajstić information content (AvgIpc) is 2.28. The van der Waals surface area contributed by atoms with E-state index in [1.807, 2.05) is 20.8 Å². The zero-order valence-electron chi connectivity index (χ0n) is 10.2. The zero-order valence-corrected chi connectivity index (χ0v) is 10.2. The molecule has 0 saturated heterocycles. The number of rotatable bonds is 4. The Morgan fingerprint density at radius 2 is 1.65 bits per heavy atom. The van der Waals surface area contributed by atoms with Gasteiger partial charge in [-0.15, -0.1) is 0 Å². The summed E-state index contributed by atoms with van der Waals surface area (Å²) in [5.41, 5.74) is 1.14. The Balaban J connectivity index is 2.73. The fourth-order valence-corrected chi connectivity index (χ4v) is 1.38. The van der Waals surface area contributed by atoms with E-state index in [-0.39, 0.29) is 23.4 Å². The van der Waals surface area contributed by atoms with Gasteiger partial charge in [-0.2, -0.15) is 0 Å². The van der Waals surface area contributed by atoms with E-state index in [2.05, 4.69) is 5.32 Å². The van der Waals surface area contributed by atoms with Gasteiger partial charge in [-0.05, 0) is 24.6 Å². The molecule has 0 aliphatic rings. The summed E-state index contributed by atoms with van der Waals surface area (Å²) in [6.45, 7) is 5.53. The molecule has 92 valence electrons. The lowest BCUT2D eigenvalue weighted by atomic mass is 10.1. The lowest BCUT2D eigenvalue weighted by Gasteiger charge is -2.16. The Kier molecular flexibility index (Phi) is 4.26. The minimum Gasteiger partial charge on any atom is -0.478 e. The fourth-order valence-electron chi connectivity index (χ4n) is 1.38. The smallest absolute Gasteiger partial charge is 0.335 e. The molecule has 0 aliphatic carbocycles.